The molecule has 0 amide bonds. The molecule has 0 spiro atoms. The number of aryl methyl sites for hydroxylation is 1. The van der Waals surface area contributed by atoms with Gasteiger partial charge in [0.15, 0.2) is 0 Å². The monoisotopic (exact) mass is 335 g/mol. The molecular formula is C20H33NO3. The van der Waals surface area contributed by atoms with Crippen LogP contribution in [0.4, 0.5) is 0 Å². The molecule has 0 aliphatic heterocycles. The van der Waals surface area contributed by atoms with Gasteiger partial charge in [0, 0.05) is 13.1 Å². The highest BCUT2D eigenvalue weighted by Gasteiger charge is 2.08. The molecule has 1 aromatic rings. The SMILES string of the molecule is CCCCCCCCCc1ccc(CNCC(O)CC(=O)O)cc1. The molecule has 0 saturated carbocycles. The molecule has 24 heavy (non-hydrogen) atoms. The summed E-state index contributed by atoms with van der Waals surface area (Å²) in [6.07, 6.45) is 9.41. The lowest BCUT2D eigenvalue weighted by Crippen LogP contribution is -2.28. The van der Waals surface area contributed by atoms with Crippen molar-refractivity contribution in [3.8, 4) is 0 Å². The van der Waals surface area contributed by atoms with Crippen LogP contribution in [0.1, 0.15) is 69.4 Å². The first-order valence-electron chi connectivity index (χ1n) is 9.30. The van der Waals surface area contributed by atoms with Gasteiger partial charge < -0.3 is 15.5 Å². The average Bonchev–Trinajstić information content (AvgIpc) is 2.55. The van der Waals surface area contributed by atoms with E-state index in [1.807, 2.05) is 0 Å². The van der Waals surface area contributed by atoms with Crippen molar-refractivity contribution in [1.29, 1.82) is 0 Å². The predicted octanol–water partition coefficient (Wildman–Crippen LogP) is 3.90. The van der Waals surface area contributed by atoms with Crippen molar-refractivity contribution in [2.24, 2.45) is 0 Å². The highest BCUT2D eigenvalue weighted by Crippen LogP contribution is 2.11. The Labute approximate surface area is 146 Å². The molecular weight excluding hydrogens is 302 g/mol. The highest BCUT2D eigenvalue weighted by molar-refractivity contribution is 5.67. The Bertz CT molecular complexity index is 445. The second-order valence-electron chi connectivity index (χ2n) is 6.57. The Morgan fingerprint density at radius 2 is 1.58 bits per heavy atom. The van der Waals surface area contributed by atoms with Gasteiger partial charge in [-0.15, -0.1) is 0 Å². The molecule has 0 aromatic heterocycles. The van der Waals surface area contributed by atoms with Gasteiger partial charge >= 0.3 is 5.97 Å². The van der Waals surface area contributed by atoms with E-state index in [0.717, 1.165) is 12.0 Å². The van der Waals surface area contributed by atoms with Gasteiger partial charge in [-0.1, -0.05) is 69.7 Å². The largest absolute Gasteiger partial charge is 0.481 e. The van der Waals surface area contributed by atoms with Gasteiger partial charge in [0.25, 0.3) is 0 Å². The van der Waals surface area contributed by atoms with Crippen LogP contribution in [0.15, 0.2) is 24.3 Å². The Balaban J connectivity index is 2.13. The average molecular weight is 335 g/mol. The predicted molar refractivity (Wildman–Crippen MR) is 98.1 cm³/mol. The number of aliphatic carboxylic acids is 1. The maximum absolute atomic E-state index is 10.5. The quantitative estimate of drug-likeness (QED) is 0.451. The van der Waals surface area contributed by atoms with Crippen LogP contribution in [-0.2, 0) is 17.8 Å². The number of unbranched alkanes of at least 4 members (excludes halogenated alkanes) is 6. The Morgan fingerprint density at radius 3 is 2.21 bits per heavy atom. The van der Waals surface area contributed by atoms with Gasteiger partial charge in [-0.2, -0.15) is 0 Å². The summed E-state index contributed by atoms with van der Waals surface area (Å²) < 4.78 is 0. The maximum atomic E-state index is 10.5. The number of carboxylic acids is 1. The number of carboxylic acid groups (broad SMARTS) is 1. The molecule has 0 saturated heterocycles. The number of hydrogen-bond donors (Lipinski definition) is 3. The van der Waals surface area contributed by atoms with Gasteiger partial charge in [0.1, 0.15) is 0 Å². The third kappa shape index (κ3) is 10.4. The zero-order chi connectivity index (χ0) is 17.6. The number of hydrogen-bond acceptors (Lipinski definition) is 3. The van der Waals surface area contributed by atoms with Crippen LogP contribution in [0.3, 0.4) is 0 Å². The molecule has 0 fully saturated rings. The van der Waals surface area contributed by atoms with Gasteiger partial charge in [0.05, 0.1) is 12.5 Å². The molecule has 0 bridgehead atoms. The van der Waals surface area contributed by atoms with Crippen molar-refractivity contribution in [1.82, 2.24) is 5.32 Å². The van der Waals surface area contributed by atoms with E-state index in [9.17, 15) is 9.90 Å². The van der Waals surface area contributed by atoms with Crippen LogP contribution in [0.25, 0.3) is 0 Å². The van der Waals surface area contributed by atoms with E-state index < -0.39 is 12.1 Å². The van der Waals surface area contributed by atoms with Crippen LogP contribution in [0.2, 0.25) is 0 Å². The van der Waals surface area contributed by atoms with E-state index in [-0.39, 0.29) is 6.42 Å². The van der Waals surface area contributed by atoms with Crippen molar-refractivity contribution < 1.29 is 15.0 Å². The molecule has 0 heterocycles. The van der Waals surface area contributed by atoms with E-state index in [4.69, 9.17) is 5.11 Å². The summed E-state index contributed by atoms with van der Waals surface area (Å²) in [5, 5.41) is 21.2. The first-order chi connectivity index (χ1) is 11.6. The fraction of sp³-hybridized carbons (Fsp3) is 0.650. The minimum absolute atomic E-state index is 0.218. The lowest BCUT2D eigenvalue weighted by atomic mass is 10.0. The number of nitrogens with one attached hydrogen (secondary N) is 1. The summed E-state index contributed by atoms with van der Waals surface area (Å²) in [5.41, 5.74) is 2.53. The smallest absolute Gasteiger partial charge is 0.306 e. The lowest BCUT2D eigenvalue weighted by molar-refractivity contribution is -0.139. The summed E-state index contributed by atoms with van der Waals surface area (Å²) in [7, 11) is 0. The molecule has 1 rings (SSSR count). The van der Waals surface area contributed by atoms with Crippen LogP contribution in [0, 0.1) is 0 Å². The van der Waals surface area contributed by atoms with Crippen molar-refractivity contribution in [3.05, 3.63) is 35.4 Å². The fourth-order valence-corrected chi connectivity index (χ4v) is 2.77. The molecule has 1 unspecified atom stereocenters. The van der Waals surface area contributed by atoms with E-state index >= 15 is 0 Å². The molecule has 4 nitrogen and oxygen atoms in total. The minimum Gasteiger partial charge on any atom is -0.481 e. The van der Waals surface area contributed by atoms with Crippen molar-refractivity contribution in [3.63, 3.8) is 0 Å². The first-order valence-corrected chi connectivity index (χ1v) is 9.30. The third-order valence-corrected chi connectivity index (χ3v) is 4.21. The fourth-order valence-electron chi connectivity index (χ4n) is 2.77. The van der Waals surface area contributed by atoms with Crippen LogP contribution < -0.4 is 5.32 Å². The topological polar surface area (TPSA) is 69.6 Å². The van der Waals surface area contributed by atoms with Gasteiger partial charge in [-0.25, -0.2) is 0 Å². The normalized spacial score (nSPS) is 12.2. The number of rotatable bonds is 14. The molecule has 0 radical (unpaired) electrons. The molecule has 1 atom stereocenters. The van der Waals surface area contributed by atoms with Crippen LogP contribution >= 0.6 is 0 Å². The standard InChI is InChI=1S/C20H33NO3/c1-2-3-4-5-6-7-8-9-17-10-12-18(13-11-17)15-21-16-19(22)14-20(23)24/h10-13,19,21-22H,2-9,14-16H2,1H3,(H,23,24). The zero-order valence-corrected chi connectivity index (χ0v) is 15.0. The molecule has 4 heteroatoms. The van der Waals surface area contributed by atoms with Gasteiger partial charge in [-0.3, -0.25) is 4.79 Å². The van der Waals surface area contributed by atoms with E-state index in [1.165, 1.54) is 50.5 Å². The van der Waals surface area contributed by atoms with Crippen LogP contribution in [0.5, 0.6) is 0 Å². The Kier molecular flexibility index (Phi) is 11.2. The van der Waals surface area contributed by atoms with E-state index in [1.54, 1.807) is 0 Å². The van der Waals surface area contributed by atoms with Gasteiger partial charge in [-0.05, 0) is 24.0 Å². The summed E-state index contributed by atoms with van der Waals surface area (Å²) >= 11 is 0. The third-order valence-electron chi connectivity index (χ3n) is 4.21. The molecule has 0 aliphatic carbocycles. The second kappa shape index (κ2) is 13.0. The summed E-state index contributed by atoms with van der Waals surface area (Å²) in [6.45, 7) is 3.19. The van der Waals surface area contributed by atoms with Crippen LogP contribution in [-0.4, -0.2) is 28.8 Å². The number of aliphatic hydroxyl groups excluding tert-OH is 1. The second-order valence-corrected chi connectivity index (χ2v) is 6.57. The summed E-state index contributed by atoms with van der Waals surface area (Å²) in [4.78, 5) is 10.5. The van der Waals surface area contributed by atoms with Gasteiger partial charge in [0.2, 0.25) is 0 Å². The number of benzene rings is 1. The zero-order valence-electron chi connectivity index (χ0n) is 15.0. The molecule has 3 N–H and O–H groups in total. The van der Waals surface area contributed by atoms with Crippen molar-refractivity contribution in [2.75, 3.05) is 6.54 Å². The van der Waals surface area contributed by atoms with Crippen molar-refractivity contribution in [2.45, 2.75) is 77.4 Å². The first kappa shape index (κ1) is 20.7. The van der Waals surface area contributed by atoms with E-state index in [2.05, 4.69) is 36.5 Å². The maximum Gasteiger partial charge on any atom is 0.306 e. The molecule has 1 aromatic carbocycles. The Morgan fingerprint density at radius 1 is 1.00 bits per heavy atom. The molecule has 136 valence electrons. The highest BCUT2D eigenvalue weighted by atomic mass is 16.4. The minimum atomic E-state index is -0.973. The summed E-state index contributed by atoms with van der Waals surface area (Å²) in [6, 6.07) is 8.55. The molecule has 0 aliphatic rings. The van der Waals surface area contributed by atoms with E-state index in [0.29, 0.717) is 13.1 Å². The summed E-state index contributed by atoms with van der Waals surface area (Å²) in [5.74, 6) is -0.973. The van der Waals surface area contributed by atoms with Crippen molar-refractivity contribution >= 4 is 5.97 Å². The number of aliphatic hydroxyl groups is 1. The Hall–Kier alpha value is -1.39. The number of carbonyl (C=O) groups is 1. The lowest BCUT2D eigenvalue weighted by Gasteiger charge is -2.10.